The molecule has 0 heterocycles. The Morgan fingerprint density at radius 3 is 2.50 bits per heavy atom. The summed E-state index contributed by atoms with van der Waals surface area (Å²) in [5.74, 6) is 0.194. The number of hydrogen-bond donors (Lipinski definition) is 2. The molecule has 1 aromatic carbocycles. The van der Waals surface area contributed by atoms with Gasteiger partial charge in [0.15, 0.2) is 0 Å². The normalized spacial score (nSPS) is 11.3. The molecule has 0 aliphatic heterocycles. The van der Waals surface area contributed by atoms with Crippen LogP contribution in [0.5, 0.6) is 5.75 Å². The highest BCUT2D eigenvalue weighted by atomic mass is 19.4. The first-order valence-electron chi connectivity index (χ1n) is 6.15. The third-order valence-electron chi connectivity index (χ3n) is 2.27. The van der Waals surface area contributed by atoms with Gasteiger partial charge in [0.1, 0.15) is 5.75 Å². The summed E-state index contributed by atoms with van der Waals surface area (Å²) in [6.07, 6.45) is -4.48. The van der Waals surface area contributed by atoms with E-state index in [1.807, 2.05) is 0 Å². The molecule has 0 saturated heterocycles. The molecule has 0 fully saturated rings. The predicted molar refractivity (Wildman–Crippen MR) is 69.9 cm³/mol. The van der Waals surface area contributed by atoms with Crippen molar-refractivity contribution in [2.45, 2.75) is 33.0 Å². The molecule has 1 rings (SSSR count). The molecule has 0 unspecified atom stereocenters. The Hall–Kier alpha value is -1.92. The van der Waals surface area contributed by atoms with E-state index in [0.29, 0.717) is 0 Å². The van der Waals surface area contributed by atoms with Gasteiger partial charge in [-0.05, 0) is 39.0 Å². The van der Waals surface area contributed by atoms with Crippen LogP contribution in [0.15, 0.2) is 18.2 Å². The van der Waals surface area contributed by atoms with Crippen molar-refractivity contribution < 1.29 is 22.7 Å². The standard InChI is InChI=1S/C13H17F3N2O2/c1-4-20-11-6-5-9(13(14,15)16)7-10(11)18-12(19)17-8(2)3/h5-8H,4H2,1-3H3,(H2,17,18,19). The molecule has 0 spiro atoms. The lowest BCUT2D eigenvalue weighted by molar-refractivity contribution is -0.137. The van der Waals surface area contributed by atoms with E-state index in [4.69, 9.17) is 4.74 Å². The highest BCUT2D eigenvalue weighted by molar-refractivity contribution is 5.91. The summed E-state index contributed by atoms with van der Waals surface area (Å²) in [6.45, 7) is 5.48. The number of benzene rings is 1. The summed E-state index contributed by atoms with van der Waals surface area (Å²) in [4.78, 5) is 11.6. The molecule has 2 N–H and O–H groups in total. The van der Waals surface area contributed by atoms with E-state index in [9.17, 15) is 18.0 Å². The minimum Gasteiger partial charge on any atom is -0.492 e. The number of carbonyl (C=O) groups is 1. The second kappa shape index (κ2) is 6.49. The van der Waals surface area contributed by atoms with Crippen molar-refractivity contribution >= 4 is 11.7 Å². The molecule has 4 nitrogen and oxygen atoms in total. The third kappa shape index (κ3) is 4.64. The van der Waals surface area contributed by atoms with Crippen molar-refractivity contribution in [2.75, 3.05) is 11.9 Å². The van der Waals surface area contributed by atoms with Crippen LogP contribution in [0.2, 0.25) is 0 Å². The molecule has 0 saturated carbocycles. The number of amides is 2. The van der Waals surface area contributed by atoms with E-state index < -0.39 is 17.8 Å². The monoisotopic (exact) mass is 290 g/mol. The van der Waals surface area contributed by atoms with Crippen molar-refractivity contribution in [1.29, 1.82) is 0 Å². The number of carbonyl (C=O) groups excluding carboxylic acids is 1. The van der Waals surface area contributed by atoms with Crippen LogP contribution in [0.3, 0.4) is 0 Å². The van der Waals surface area contributed by atoms with E-state index in [2.05, 4.69) is 10.6 Å². The van der Waals surface area contributed by atoms with Gasteiger partial charge in [-0.3, -0.25) is 0 Å². The van der Waals surface area contributed by atoms with E-state index in [0.717, 1.165) is 12.1 Å². The Kier molecular flexibility index (Phi) is 5.24. The molecule has 0 aliphatic carbocycles. The highest BCUT2D eigenvalue weighted by Gasteiger charge is 2.31. The Morgan fingerprint density at radius 1 is 1.35 bits per heavy atom. The third-order valence-corrected chi connectivity index (χ3v) is 2.27. The summed E-state index contributed by atoms with van der Waals surface area (Å²) >= 11 is 0. The molecular formula is C13H17F3N2O2. The van der Waals surface area contributed by atoms with Crippen molar-refractivity contribution in [3.8, 4) is 5.75 Å². The van der Waals surface area contributed by atoms with E-state index in [1.165, 1.54) is 6.07 Å². The summed E-state index contributed by atoms with van der Waals surface area (Å²) in [5.41, 5.74) is -0.861. The maximum Gasteiger partial charge on any atom is 0.416 e. The maximum atomic E-state index is 12.7. The lowest BCUT2D eigenvalue weighted by Crippen LogP contribution is -2.34. The number of hydrogen-bond acceptors (Lipinski definition) is 2. The number of urea groups is 1. The maximum absolute atomic E-state index is 12.7. The van der Waals surface area contributed by atoms with Gasteiger partial charge < -0.3 is 15.4 Å². The van der Waals surface area contributed by atoms with Crippen molar-refractivity contribution in [1.82, 2.24) is 5.32 Å². The van der Waals surface area contributed by atoms with Crippen LogP contribution in [0, 0.1) is 0 Å². The fourth-order valence-corrected chi connectivity index (χ4v) is 1.51. The SMILES string of the molecule is CCOc1ccc(C(F)(F)F)cc1NC(=O)NC(C)C. The number of alkyl halides is 3. The summed E-state index contributed by atoms with van der Waals surface area (Å²) < 4.78 is 43.2. The lowest BCUT2D eigenvalue weighted by Gasteiger charge is -2.16. The summed E-state index contributed by atoms with van der Waals surface area (Å²) in [5, 5.41) is 4.90. The summed E-state index contributed by atoms with van der Waals surface area (Å²) in [7, 11) is 0. The lowest BCUT2D eigenvalue weighted by atomic mass is 10.2. The van der Waals surface area contributed by atoms with Gasteiger partial charge in [-0.15, -0.1) is 0 Å². The van der Waals surface area contributed by atoms with Gasteiger partial charge in [0, 0.05) is 6.04 Å². The zero-order valence-corrected chi connectivity index (χ0v) is 11.5. The molecule has 112 valence electrons. The van der Waals surface area contributed by atoms with E-state index >= 15 is 0 Å². The first kappa shape index (κ1) is 16.1. The first-order chi connectivity index (χ1) is 9.24. The number of halogens is 3. The number of nitrogens with one attached hydrogen (secondary N) is 2. The number of ether oxygens (including phenoxy) is 1. The molecule has 2 amide bonds. The number of rotatable bonds is 4. The van der Waals surface area contributed by atoms with Crippen LogP contribution < -0.4 is 15.4 Å². The average Bonchev–Trinajstić information content (AvgIpc) is 2.29. The Labute approximate surface area is 115 Å². The molecular weight excluding hydrogens is 273 g/mol. The van der Waals surface area contributed by atoms with E-state index in [-0.39, 0.29) is 24.1 Å². The van der Waals surface area contributed by atoms with Gasteiger partial charge in [-0.25, -0.2) is 4.79 Å². The number of anilines is 1. The average molecular weight is 290 g/mol. The molecule has 0 aliphatic rings. The second-order valence-electron chi connectivity index (χ2n) is 4.39. The topological polar surface area (TPSA) is 50.4 Å². The van der Waals surface area contributed by atoms with Crippen molar-refractivity contribution in [2.24, 2.45) is 0 Å². The molecule has 1 aromatic rings. The molecule has 0 radical (unpaired) electrons. The van der Waals surface area contributed by atoms with Gasteiger partial charge in [-0.2, -0.15) is 13.2 Å². The van der Waals surface area contributed by atoms with Gasteiger partial charge in [0.25, 0.3) is 0 Å². The first-order valence-corrected chi connectivity index (χ1v) is 6.15. The van der Waals surface area contributed by atoms with Crippen LogP contribution >= 0.6 is 0 Å². The fraction of sp³-hybridized carbons (Fsp3) is 0.462. The van der Waals surface area contributed by atoms with Crippen LogP contribution in [0.1, 0.15) is 26.3 Å². The van der Waals surface area contributed by atoms with Crippen molar-refractivity contribution in [3.63, 3.8) is 0 Å². The molecule has 20 heavy (non-hydrogen) atoms. The van der Waals surface area contributed by atoms with Crippen molar-refractivity contribution in [3.05, 3.63) is 23.8 Å². The zero-order valence-electron chi connectivity index (χ0n) is 11.5. The minimum atomic E-state index is -4.48. The second-order valence-corrected chi connectivity index (χ2v) is 4.39. The molecule has 0 bridgehead atoms. The van der Waals surface area contributed by atoms with E-state index in [1.54, 1.807) is 20.8 Å². The fourth-order valence-electron chi connectivity index (χ4n) is 1.51. The van der Waals surface area contributed by atoms with Gasteiger partial charge >= 0.3 is 12.2 Å². The van der Waals surface area contributed by atoms with Crippen LogP contribution in [0.25, 0.3) is 0 Å². The summed E-state index contributed by atoms with van der Waals surface area (Å²) in [6, 6.07) is 2.25. The smallest absolute Gasteiger partial charge is 0.416 e. The van der Waals surface area contributed by atoms with Gasteiger partial charge in [-0.1, -0.05) is 0 Å². The Balaban J connectivity index is 3.03. The van der Waals surface area contributed by atoms with Gasteiger partial charge in [0.05, 0.1) is 17.9 Å². The Bertz CT molecular complexity index is 473. The predicted octanol–water partition coefficient (Wildman–Crippen LogP) is 3.63. The molecule has 0 aromatic heterocycles. The van der Waals surface area contributed by atoms with Crippen LogP contribution in [-0.4, -0.2) is 18.7 Å². The molecule has 7 heteroatoms. The quantitative estimate of drug-likeness (QED) is 0.889. The minimum absolute atomic E-state index is 0.0141. The largest absolute Gasteiger partial charge is 0.492 e. The highest BCUT2D eigenvalue weighted by Crippen LogP contribution is 2.35. The Morgan fingerprint density at radius 2 is 2.00 bits per heavy atom. The van der Waals surface area contributed by atoms with Crippen LogP contribution in [-0.2, 0) is 6.18 Å². The van der Waals surface area contributed by atoms with Crippen LogP contribution in [0.4, 0.5) is 23.7 Å². The zero-order chi connectivity index (χ0) is 15.3. The van der Waals surface area contributed by atoms with Gasteiger partial charge in [0.2, 0.25) is 0 Å². The molecule has 0 atom stereocenters.